The molecule has 3 heteroatoms. The Labute approximate surface area is 109 Å². The molecule has 0 aromatic heterocycles. The van der Waals surface area contributed by atoms with Crippen molar-refractivity contribution in [1.82, 2.24) is 0 Å². The van der Waals surface area contributed by atoms with Gasteiger partial charge in [0.1, 0.15) is 5.78 Å². The Balaban J connectivity index is 0.000000331. The molecule has 0 heterocycles. The zero-order chi connectivity index (χ0) is 14.0. The summed E-state index contributed by atoms with van der Waals surface area (Å²) in [4.78, 5) is 20.8. The van der Waals surface area contributed by atoms with Crippen LogP contribution in [0.1, 0.15) is 39.2 Å². The third-order valence-corrected chi connectivity index (χ3v) is 2.55. The van der Waals surface area contributed by atoms with E-state index in [-0.39, 0.29) is 5.91 Å². The van der Waals surface area contributed by atoms with Crippen molar-refractivity contribution in [1.29, 1.82) is 0 Å². The highest BCUT2D eigenvalue weighted by molar-refractivity contribution is 5.76. The number of hydrogen-bond donors (Lipinski definition) is 1. The van der Waals surface area contributed by atoms with Crippen molar-refractivity contribution in [2.24, 2.45) is 11.7 Å². The molecule has 0 saturated heterocycles. The number of nitrogens with two attached hydrogens (primary N) is 1. The van der Waals surface area contributed by atoms with Crippen molar-refractivity contribution in [3.63, 3.8) is 0 Å². The van der Waals surface area contributed by atoms with Crippen LogP contribution in [-0.2, 0) is 16.0 Å². The van der Waals surface area contributed by atoms with Crippen LogP contribution >= 0.6 is 0 Å². The summed E-state index contributed by atoms with van der Waals surface area (Å²) in [5.74, 6) is 0.595. The maximum atomic E-state index is 10.4. The van der Waals surface area contributed by atoms with Crippen LogP contribution in [0.2, 0.25) is 0 Å². The predicted octanol–water partition coefficient (Wildman–Crippen LogP) is 2.73. The van der Waals surface area contributed by atoms with Crippen molar-refractivity contribution >= 4 is 11.7 Å². The van der Waals surface area contributed by atoms with Crippen LogP contribution in [0, 0.1) is 5.92 Å². The molecule has 0 aliphatic heterocycles. The molecule has 18 heavy (non-hydrogen) atoms. The van der Waals surface area contributed by atoms with Crippen LogP contribution in [0.4, 0.5) is 0 Å². The van der Waals surface area contributed by atoms with Gasteiger partial charge in [0, 0.05) is 6.42 Å². The maximum absolute atomic E-state index is 10.4. The van der Waals surface area contributed by atoms with Gasteiger partial charge in [-0.05, 0) is 18.4 Å². The second-order valence-corrected chi connectivity index (χ2v) is 4.55. The lowest BCUT2D eigenvalue weighted by molar-refractivity contribution is -0.118. The monoisotopic (exact) mass is 249 g/mol. The van der Waals surface area contributed by atoms with Crippen molar-refractivity contribution in [3.05, 3.63) is 35.9 Å². The molecule has 1 aromatic rings. The van der Waals surface area contributed by atoms with E-state index in [4.69, 9.17) is 5.73 Å². The first-order valence-corrected chi connectivity index (χ1v) is 6.27. The predicted molar refractivity (Wildman–Crippen MR) is 74.1 cm³/mol. The molecule has 3 nitrogen and oxygen atoms in total. The van der Waals surface area contributed by atoms with Gasteiger partial charge in [-0.25, -0.2) is 0 Å². The summed E-state index contributed by atoms with van der Waals surface area (Å²) < 4.78 is 0. The van der Waals surface area contributed by atoms with Crippen LogP contribution in [-0.4, -0.2) is 11.7 Å². The number of primary amides is 1. The van der Waals surface area contributed by atoms with Gasteiger partial charge < -0.3 is 10.5 Å². The van der Waals surface area contributed by atoms with Gasteiger partial charge in [0.25, 0.3) is 0 Å². The summed E-state index contributed by atoms with van der Waals surface area (Å²) in [6.45, 7) is 5.85. The maximum Gasteiger partial charge on any atom is 0.221 e. The zero-order valence-electron chi connectivity index (χ0n) is 11.5. The topological polar surface area (TPSA) is 60.2 Å². The van der Waals surface area contributed by atoms with Crippen molar-refractivity contribution in [3.8, 4) is 0 Å². The molecule has 0 saturated carbocycles. The number of carbonyl (C=O) groups excluding carboxylic acids is 2. The highest BCUT2D eigenvalue weighted by Gasteiger charge is 2.00. The summed E-state index contributed by atoms with van der Waals surface area (Å²) in [6, 6.07) is 9.44. The number of benzene rings is 1. The van der Waals surface area contributed by atoms with Gasteiger partial charge in [0.15, 0.2) is 0 Å². The molecular weight excluding hydrogens is 226 g/mol. The SMILES string of the molecule is CCC(C)CC(C)=O.NC(=O)Cc1ccccc1. The van der Waals surface area contributed by atoms with E-state index in [0.717, 1.165) is 18.4 Å². The lowest BCUT2D eigenvalue weighted by atomic mass is 10.0. The second kappa shape index (κ2) is 9.40. The van der Waals surface area contributed by atoms with Gasteiger partial charge in [-0.2, -0.15) is 0 Å². The van der Waals surface area contributed by atoms with Crippen LogP contribution in [0.15, 0.2) is 30.3 Å². The Morgan fingerprint density at radius 1 is 1.22 bits per heavy atom. The number of hydrogen-bond acceptors (Lipinski definition) is 2. The van der Waals surface area contributed by atoms with E-state index in [1.807, 2.05) is 30.3 Å². The van der Waals surface area contributed by atoms with Gasteiger partial charge in [-0.15, -0.1) is 0 Å². The largest absolute Gasteiger partial charge is 0.369 e. The summed E-state index contributed by atoms with van der Waals surface area (Å²) in [6.07, 6.45) is 2.19. The molecule has 0 radical (unpaired) electrons. The Hall–Kier alpha value is -1.64. The Morgan fingerprint density at radius 3 is 2.11 bits per heavy atom. The highest BCUT2D eigenvalue weighted by atomic mass is 16.1. The molecule has 1 amide bonds. The van der Waals surface area contributed by atoms with E-state index in [1.54, 1.807) is 6.92 Å². The third kappa shape index (κ3) is 9.58. The third-order valence-electron chi connectivity index (χ3n) is 2.55. The highest BCUT2D eigenvalue weighted by Crippen LogP contribution is 2.05. The fourth-order valence-corrected chi connectivity index (χ4v) is 1.43. The molecular formula is C15H23NO2. The molecule has 0 fully saturated rings. The zero-order valence-corrected chi connectivity index (χ0v) is 11.5. The van der Waals surface area contributed by atoms with Crippen molar-refractivity contribution in [2.75, 3.05) is 0 Å². The average Bonchev–Trinajstić information content (AvgIpc) is 2.29. The first-order chi connectivity index (χ1) is 8.45. The molecule has 2 N–H and O–H groups in total. The van der Waals surface area contributed by atoms with E-state index in [1.165, 1.54) is 0 Å². The molecule has 100 valence electrons. The van der Waals surface area contributed by atoms with E-state index in [9.17, 15) is 9.59 Å². The van der Waals surface area contributed by atoms with Gasteiger partial charge in [0.2, 0.25) is 5.91 Å². The molecule has 1 rings (SSSR count). The standard InChI is InChI=1S/C8H9NO.C7H14O/c9-8(10)6-7-4-2-1-3-5-7;1-4-6(2)5-7(3)8/h1-5H,6H2,(H2,9,10);6H,4-5H2,1-3H3. The first-order valence-electron chi connectivity index (χ1n) is 6.27. The average molecular weight is 249 g/mol. The van der Waals surface area contributed by atoms with Crippen LogP contribution < -0.4 is 5.73 Å². The molecule has 0 aliphatic rings. The van der Waals surface area contributed by atoms with Gasteiger partial charge >= 0.3 is 0 Å². The molecule has 1 aromatic carbocycles. The Bertz CT molecular complexity index is 360. The van der Waals surface area contributed by atoms with Crippen LogP contribution in [0.3, 0.4) is 0 Å². The summed E-state index contributed by atoms with van der Waals surface area (Å²) in [5.41, 5.74) is 5.95. The smallest absolute Gasteiger partial charge is 0.221 e. The summed E-state index contributed by atoms with van der Waals surface area (Å²) in [5, 5.41) is 0. The van der Waals surface area contributed by atoms with Gasteiger partial charge in [0.05, 0.1) is 6.42 Å². The minimum atomic E-state index is -0.286. The van der Waals surface area contributed by atoms with Crippen LogP contribution in [0.5, 0.6) is 0 Å². The second-order valence-electron chi connectivity index (χ2n) is 4.55. The van der Waals surface area contributed by atoms with E-state index in [0.29, 0.717) is 18.1 Å². The fraction of sp³-hybridized carbons (Fsp3) is 0.467. The quantitative estimate of drug-likeness (QED) is 0.872. The lowest BCUT2D eigenvalue weighted by Crippen LogP contribution is -2.13. The van der Waals surface area contributed by atoms with E-state index >= 15 is 0 Å². The van der Waals surface area contributed by atoms with Crippen molar-refractivity contribution < 1.29 is 9.59 Å². The van der Waals surface area contributed by atoms with Gasteiger partial charge in [-0.3, -0.25) is 4.79 Å². The van der Waals surface area contributed by atoms with E-state index in [2.05, 4.69) is 13.8 Å². The lowest BCUT2D eigenvalue weighted by Gasteiger charge is -2.01. The number of amides is 1. The molecule has 1 unspecified atom stereocenters. The number of Topliss-reactive ketones (excluding diaryl/α,β-unsaturated/α-hetero) is 1. The van der Waals surface area contributed by atoms with Crippen LogP contribution in [0.25, 0.3) is 0 Å². The minimum absolute atomic E-state index is 0.286. The molecule has 0 spiro atoms. The molecule has 1 atom stereocenters. The normalized spacial score (nSPS) is 11.1. The number of ketones is 1. The first kappa shape index (κ1) is 16.4. The molecule has 0 aliphatic carbocycles. The van der Waals surface area contributed by atoms with Gasteiger partial charge in [-0.1, -0.05) is 50.6 Å². The number of carbonyl (C=O) groups is 2. The minimum Gasteiger partial charge on any atom is -0.369 e. The van der Waals surface area contributed by atoms with Crippen molar-refractivity contribution in [2.45, 2.75) is 40.0 Å². The number of rotatable bonds is 5. The fourth-order valence-electron chi connectivity index (χ4n) is 1.43. The Morgan fingerprint density at radius 2 is 1.78 bits per heavy atom. The summed E-state index contributed by atoms with van der Waals surface area (Å²) >= 11 is 0. The Kier molecular flexibility index (Phi) is 8.54. The molecule has 0 bridgehead atoms. The van der Waals surface area contributed by atoms with E-state index < -0.39 is 0 Å². The summed E-state index contributed by atoms with van der Waals surface area (Å²) in [7, 11) is 0.